The number of benzene rings is 1. The van der Waals surface area contributed by atoms with Gasteiger partial charge in [0.15, 0.2) is 0 Å². The molecule has 3 nitrogen and oxygen atoms in total. The molecule has 2 N–H and O–H groups in total. The fraction of sp³-hybridized carbons (Fsp3) is 0.462. The highest BCUT2D eigenvalue weighted by Crippen LogP contribution is 2.22. The Bertz CT molecular complexity index is 439. The van der Waals surface area contributed by atoms with Crippen molar-refractivity contribution in [3.63, 3.8) is 0 Å². The van der Waals surface area contributed by atoms with Gasteiger partial charge in [0, 0.05) is 12.1 Å². The van der Waals surface area contributed by atoms with Crippen molar-refractivity contribution in [1.82, 2.24) is 5.32 Å². The third-order valence-corrected chi connectivity index (χ3v) is 3.86. The van der Waals surface area contributed by atoms with Gasteiger partial charge in [-0.3, -0.25) is 4.79 Å². The lowest BCUT2D eigenvalue weighted by molar-refractivity contribution is 0.0885. The number of carbonyl (C=O) groups is 1. The van der Waals surface area contributed by atoms with Crippen molar-refractivity contribution in [2.24, 2.45) is 0 Å². The molecule has 1 aromatic carbocycles. The van der Waals surface area contributed by atoms with Crippen LogP contribution in [-0.2, 0) is 0 Å². The molecule has 1 unspecified atom stereocenters. The third-order valence-electron chi connectivity index (χ3n) is 3.06. The van der Waals surface area contributed by atoms with Crippen LogP contribution < -0.4 is 5.32 Å². The number of rotatable bonds is 5. The second kappa shape index (κ2) is 6.29. The first kappa shape index (κ1) is 15.1. The van der Waals surface area contributed by atoms with Gasteiger partial charge in [-0.15, -0.1) is 0 Å². The minimum Gasteiger partial charge on any atom is -0.396 e. The Morgan fingerprint density at radius 3 is 2.78 bits per heavy atom. The van der Waals surface area contributed by atoms with E-state index in [9.17, 15) is 9.18 Å². The Hall–Kier alpha value is -0.940. The van der Waals surface area contributed by atoms with Gasteiger partial charge in [-0.1, -0.05) is 13.0 Å². The maximum Gasteiger partial charge on any atom is 0.252 e. The number of aliphatic hydroxyl groups is 1. The summed E-state index contributed by atoms with van der Waals surface area (Å²) in [5.74, 6) is -0.817. The minimum absolute atomic E-state index is 0.00502. The highest BCUT2D eigenvalue weighted by Gasteiger charge is 2.25. The molecule has 0 fully saturated rings. The lowest BCUT2D eigenvalue weighted by atomic mass is 9.94. The van der Waals surface area contributed by atoms with E-state index in [-0.39, 0.29) is 22.6 Å². The van der Waals surface area contributed by atoms with E-state index in [0.717, 1.165) is 0 Å². The molecule has 0 spiro atoms. The summed E-state index contributed by atoms with van der Waals surface area (Å²) in [6, 6.07) is 4.33. The number of halogens is 2. The van der Waals surface area contributed by atoms with E-state index in [0.29, 0.717) is 12.8 Å². The summed E-state index contributed by atoms with van der Waals surface area (Å²) in [5, 5.41) is 11.8. The van der Waals surface area contributed by atoms with E-state index >= 15 is 0 Å². The first-order valence-electron chi connectivity index (χ1n) is 5.81. The standard InChI is InChI=1S/C13H17BrFNO2/c1-3-13(2,7-8-17)16-12(18)9-5-4-6-10(15)11(9)14/h4-6,17H,3,7-8H2,1-2H3,(H,16,18). The first-order chi connectivity index (χ1) is 8.43. The van der Waals surface area contributed by atoms with Crippen LogP contribution in [0.15, 0.2) is 22.7 Å². The van der Waals surface area contributed by atoms with Crippen LogP contribution in [0.2, 0.25) is 0 Å². The molecule has 1 amide bonds. The maximum absolute atomic E-state index is 13.3. The van der Waals surface area contributed by atoms with Gasteiger partial charge in [-0.25, -0.2) is 4.39 Å². The molecule has 5 heteroatoms. The molecule has 0 heterocycles. The number of amides is 1. The van der Waals surface area contributed by atoms with Gasteiger partial charge in [0.25, 0.3) is 5.91 Å². The van der Waals surface area contributed by atoms with Crippen LogP contribution in [0.25, 0.3) is 0 Å². The molecular formula is C13H17BrFNO2. The Balaban J connectivity index is 2.91. The smallest absolute Gasteiger partial charge is 0.252 e. The molecule has 0 bridgehead atoms. The number of hydrogen-bond donors (Lipinski definition) is 2. The van der Waals surface area contributed by atoms with E-state index < -0.39 is 11.4 Å². The van der Waals surface area contributed by atoms with Crippen LogP contribution in [0.1, 0.15) is 37.0 Å². The molecule has 0 aliphatic rings. The molecule has 100 valence electrons. The second-order valence-electron chi connectivity index (χ2n) is 4.44. The summed E-state index contributed by atoms with van der Waals surface area (Å²) in [6.07, 6.45) is 1.15. The van der Waals surface area contributed by atoms with Gasteiger partial charge >= 0.3 is 0 Å². The van der Waals surface area contributed by atoms with E-state index in [1.54, 1.807) is 6.07 Å². The van der Waals surface area contributed by atoms with Crippen molar-refractivity contribution >= 4 is 21.8 Å². The lowest BCUT2D eigenvalue weighted by Crippen LogP contribution is -2.46. The normalized spacial score (nSPS) is 14.1. The third kappa shape index (κ3) is 3.53. The average molecular weight is 318 g/mol. The van der Waals surface area contributed by atoms with Crippen molar-refractivity contribution in [2.75, 3.05) is 6.61 Å². The Kier molecular flexibility index (Phi) is 5.28. The molecule has 0 saturated carbocycles. The molecular weight excluding hydrogens is 301 g/mol. The molecule has 1 aromatic rings. The highest BCUT2D eigenvalue weighted by molar-refractivity contribution is 9.10. The van der Waals surface area contributed by atoms with Crippen LogP contribution in [0, 0.1) is 5.82 Å². The number of nitrogens with one attached hydrogen (secondary N) is 1. The Morgan fingerprint density at radius 1 is 1.56 bits per heavy atom. The van der Waals surface area contributed by atoms with E-state index in [1.807, 2.05) is 13.8 Å². The molecule has 1 atom stereocenters. The van der Waals surface area contributed by atoms with Crippen LogP contribution in [0.4, 0.5) is 4.39 Å². The molecule has 0 aliphatic heterocycles. The van der Waals surface area contributed by atoms with Crippen molar-refractivity contribution in [2.45, 2.75) is 32.2 Å². The van der Waals surface area contributed by atoms with Crippen LogP contribution in [-0.4, -0.2) is 23.2 Å². The topological polar surface area (TPSA) is 49.3 Å². The molecule has 18 heavy (non-hydrogen) atoms. The van der Waals surface area contributed by atoms with Gasteiger partial charge in [-0.2, -0.15) is 0 Å². The van der Waals surface area contributed by atoms with Gasteiger partial charge in [-0.05, 0) is 47.8 Å². The van der Waals surface area contributed by atoms with Crippen molar-refractivity contribution in [3.05, 3.63) is 34.1 Å². The van der Waals surface area contributed by atoms with Crippen LogP contribution >= 0.6 is 15.9 Å². The predicted octanol–water partition coefficient (Wildman–Crippen LogP) is 2.87. The zero-order chi connectivity index (χ0) is 13.8. The quantitative estimate of drug-likeness (QED) is 0.877. The van der Waals surface area contributed by atoms with E-state index in [2.05, 4.69) is 21.2 Å². The zero-order valence-electron chi connectivity index (χ0n) is 10.5. The molecule has 0 saturated heterocycles. The Morgan fingerprint density at radius 2 is 2.22 bits per heavy atom. The van der Waals surface area contributed by atoms with Gasteiger partial charge < -0.3 is 10.4 Å². The predicted molar refractivity (Wildman–Crippen MR) is 72.0 cm³/mol. The fourth-order valence-electron chi connectivity index (χ4n) is 1.60. The molecule has 0 radical (unpaired) electrons. The number of carbonyl (C=O) groups excluding carboxylic acids is 1. The summed E-state index contributed by atoms with van der Waals surface area (Å²) in [4.78, 5) is 12.1. The number of aliphatic hydroxyl groups excluding tert-OH is 1. The van der Waals surface area contributed by atoms with Crippen molar-refractivity contribution in [3.8, 4) is 0 Å². The minimum atomic E-state index is -0.489. The highest BCUT2D eigenvalue weighted by atomic mass is 79.9. The largest absolute Gasteiger partial charge is 0.396 e. The number of hydrogen-bond acceptors (Lipinski definition) is 2. The summed E-state index contributed by atoms with van der Waals surface area (Å²) < 4.78 is 13.5. The fourth-order valence-corrected chi connectivity index (χ4v) is 2.04. The average Bonchev–Trinajstić information content (AvgIpc) is 2.32. The van der Waals surface area contributed by atoms with Crippen LogP contribution in [0.5, 0.6) is 0 Å². The maximum atomic E-state index is 13.3. The Labute approximate surface area is 115 Å². The summed E-state index contributed by atoms with van der Waals surface area (Å²) in [6.45, 7) is 3.78. The van der Waals surface area contributed by atoms with Crippen molar-refractivity contribution < 1.29 is 14.3 Å². The van der Waals surface area contributed by atoms with Crippen molar-refractivity contribution in [1.29, 1.82) is 0 Å². The lowest BCUT2D eigenvalue weighted by Gasteiger charge is -2.29. The summed E-state index contributed by atoms with van der Waals surface area (Å²) in [5.41, 5.74) is -0.231. The van der Waals surface area contributed by atoms with E-state index in [1.165, 1.54) is 12.1 Å². The van der Waals surface area contributed by atoms with Gasteiger partial charge in [0.05, 0.1) is 10.0 Å². The monoisotopic (exact) mass is 317 g/mol. The van der Waals surface area contributed by atoms with E-state index in [4.69, 9.17) is 5.11 Å². The second-order valence-corrected chi connectivity index (χ2v) is 5.24. The zero-order valence-corrected chi connectivity index (χ0v) is 12.1. The molecule has 0 aliphatic carbocycles. The van der Waals surface area contributed by atoms with Crippen LogP contribution in [0.3, 0.4) is 0 Å². The SMILES string of the molecule is CCC(C)(CCO)NC(=O)c1cccc(F)c1Br. The molecule has 1 rings (SSSR count). The van der Waals surface area contributed by atoms with Gasteiger partial charge in [0.2, 0.25) is 0 Å². The summed E-state index contributed by atoms with van der Waals surface area (Å²) >= 11 is 3.06. The first-order valence-corrected chi connectivity index (χ1v) is 6.60. The summed E-state index contributed by atoms with van der Waals surface area (Å²) in [7, 11) is 0. The molecule has 0 aromatic heterocycles. The van der Waals surface area contributed by atoms with Gasteiger partial charge in [0.1, 0.15) is 5.82 Å².